The molecule has 2 atom stereocenters. The minimum atomic E-state index is -2.85. The molecule has 2 aliphatic rings. The number of carbonyl (C=O) groups is 2. The lowest BCUT2D eigenvalue weighted by Crippen LogP contribution is -2.36. The maximum absolute atomic E-state index is 12.8. The zero-order valence-electron chi connectivity index (χ0n) is 10.5. The summed E-state index contributed by atoms with van der Waals surface area (Å²) < 4.78 is 25.6. The highest BCUT2D eigenvalue weighted by atomic mass is 19.3. The molecule has 0 radical (unpaired) electrons. The maximum atomic E-state index is 12.8. The molecule has 2 aliphatic heterocycles. The predicted octanol–water partition coefficient (Wildman–Crippen LogP) is 1.08. The Balaban J connectivity index is 1.96. The third-order valence-corrected chi connectivity index (χ3v) is 3.47. The first-order chi connectivity index (χ1) is 9.50. The summed E-state index contributed by atoms with van der Waals surface area (Å²) in [5.74, 6) is -2.42. The summed E-state index contributed by atoms with van der Waals surface area (Å²) in [6.07, 6.45) is -2.85. The van der Waals surface area contributed by atoms with Crippen LogP contribution < -0.4 is 10.3 Å². The van der Waals surface area contributed by atoms with Crippen molar-refractivity contribution in [1.82, 2.24) is 5.43 Å². The number of anilines is 1. The Morgan fingerprint density at radius 1 is 1.20 bits per heavy atom. The van der Waals surface area contributed by atoms with E-state index in [9.17, 15) is 18.4 Å². The molecule has 1 saturated heterocycles. The van der Waals surface area contributed by atoms with Gasteiger partial charge in [-0.2, -0.15) is 5.10 Å². The number of carbonyl (C=O) groups excluding carboxylic acids is 2. The van der Waals surface area contributed by atoms with E-state index in [2.05, 4.69) is 10.5 Å². The van der Waals surface area contributed by atoms with Gasteiger partial charge in [-0.05, 0) is 19.1 Å². The number of hydrazone groups is 1. The van der Waals surface area contributed by atoms with Gasteiger partial charge in [0, 0.05) is 0 Å². The van der Waals surface area contributed by atoms with E-state index in [0.717, 1.165) is 10.5 Å². The summed E-state index contributed by atoms with van der Waals surface area (Å²) in [7, 11) is 0. The minimum absolute atomic E-state index is 0.385. The zero-order valence-corrected chi connectivity index (χ0v) is 10.5. The van der Waals surface area contributed by atoms with Crippen LogP contribution in [0.1, 0.15) is 5.56 Å². The summed E-state index contributed by atoms with van der Waals surface area (Å²) >= 11 is 0. The van der Waals surface area contributed by atoms with E-state index in [4.69, 9.17) is 0 Å². The van der Waals surface area contributed by atoms with Crippen molar-refractivity contribution < 1.29 is 18.4 Å². The second-order valence-corrected chi connectivity index (χ2v) is 4.77. The molecule has 1 aromatic rings. The molecule has 0 bridgehead atoms. The van der Waals surface area contributed by atoms with Crippen molar-refractivity contribution in [1.29, 1.82) is 0 Å². The monoisotopic (exact) mass is 279 g/mol. The fourth-order valence-corrected chi connectivity index (χ4v) is 2.45. The van der Waals surface area contributed by atoms with Crippen molar-refractivity contribution in [2.45, 2.75) is 19.4 Å². The van der Waals surface area contributed by atoms with Crippen LogP contribution in [0.25, 0.3) is 0 Å². The number of halogens is 2. The van der Waals surface area contributed by atoms with E-state index in [1.165, 1.54) is 0 Å². The lowest BCUT2D eigenvalue weighted by Gasteiger charge is -2.15. The van der Waals surface area contributed by atoms with Crippen LogP contribution >= 0.6 is 0 Å². The molecule has 3 rings (SSSR count). The summed E-state index contributed by atoms with van der Waals surface area (Å²) in [5, 5.41) is 3.41. The van der Waals surface area contributed by atoms with Crippen LogP contribution in [0, 0.1) is 12.8 Å². The quantitative estimate of drug-likeness (QED) is 0.824. The first-order valence-electron chi connectivity index (χ1n) is 6.06. The molecule has 1 aromatic carbocycles. The molecule has 2 amide bonds. The molecular formula is C13H11F2N3O2. The first kappa shape index (κ1) is 12.7. The highest BCUT2D eigenvalue weighted by Crippen LogP contribution is 2.32. The van der Waals surface area contributed by atoms with E-state index in [-0.39, 0.29) is 0 Å². The van der Waals surface area contributed by atoms with Gasteiger partial charge in [-0.1, -0.05) is 17.7 Å². The molecule has 2 heterocycles. The van der Waals surface area contributed by atoms with Crippen LogP contribution in [0.5, 0.6) is 0 Å². The molecule has 20 heavy (non-hydrogen) atoms. The third kappa shape index (κ3) is 1.70. The normalized spacial score (nSPS) is 25.0. The molecule has 0 spiro atoms. The van der Waals surface area contributed by atoms with Gasteiger partial charge in [0.1, 0.15) is 17.7 Å². The number of imide groups is 1. The van der Waals surface area contributed by atoms with E-state index in [1.807, 2.05) is 6.92 Å². The van der Waals surface area contributed by atoms with E-state index < -0.39 is 35.9 Å². The fraction of sp³-hybridized carbons (Fsp3) is 0.308. The van der Waals surface area contributed by atoms with E-state index in [1.54, 1.807) is 24.3 Å². The molecule has 7 heteroatoms. The van der Waals surface area contributed by atoms with Crippen LogP contribution in [0.2, 0.25) is 0 Å². The smallest absolute Gasteiger partial charge is 0.279 e. The highest BCUT2D eigenvalue weighted by Gasteiger charge is 2.55. The fourth-order valence-electron chi connectivity index (χ4n) is 2.45. The Kier molecular flexibility index (Phi) is 2.77. The van der Waals surface area contributed by atoms with Gasteiger partial charge in [0.25, 0.3) is 12.3 Å². The molecule has 5 nitrogen and oxygen atoms in total. The van der Waals surface area contributed by atoms with E-state index >= 15 is 0 Å². The lowest BCUT2D eigenvalue weighted by atomic mass is 9.99. The number of aryl methyl sites for hydroxylation is 1. The van der Waals surface area contributed by atoms with Crippen molar-refractivity contribution in [3.05, 3.63) is 29.8 Å². The van der Waals surface area contributed by atoms with Gasteiger partial charge in [0.05, 0.1) is 5.69 Å². The number of benzene rings is 1. The summed E-state index contributed by atoms with van der Waals surface area (Å²) in [6, 6.07) is 5.71. The molecular weight excluding hydrogens is 268 g/mol. The van der Waals surface area contributed by atoms with Crippen molar-refractivity contribution in [3.8, 4) is 0 Å². The van der Waals surface area contributed by atoms with Crippen LogP contribution in [0.15, 0.2) is 29.4 Å². The van der Waals surface area contributed by atoms with Crippen LogP contribution in [-0.2, 0) is 9.59 Å². The lowest BCUT2D eigenvalue weighted by molar-refractivity contribution is -0.122. The third-order valence-electron chi connectivity index (χ3n) is 3.47. The van der Waals surface area contributed by atoms with Crippen molar-refractivity contribution in [3.63, 3.8) is 0 Å². The van der Waals surface area contributed by atoms with Crippen LogP contribution in [0.4, 0.5) is 14.5 Å². The van der Waals surface area contributed by atoms with Gasteiger partial charge >= 0.3 is 0 Å². The van der Waals surface area contributed by atoms with Crippen molar-refractivity contribution >= 4 is 23.2 Å². The Labute approximate surface area is 113 Å². The van der Waals surface area contributed by atoms with Crippen molar-refractivity contribution in [2.75, 3.05) is 4.90 Å². The predicted molar refractivity (Wildman–Crippen MR) is 67.5 cm³/mol. The Bertz CT molecular complexity index is 613. The van der Waals surface area contributed by atoms with Crippen molar-refractivity contribution in [2.24, 2.45) is 11.0 Å². The average molecular weight is 279 g/mol. The molecule has 0 saturated carbocycles. The van der Waals surface area contributed by atoms with Crippen LogP contribution in [-0.4, -0.2) is 30.0 Å². The van der Waals surface area contributed by atoms with Gasteiger partial charge < -0.3 is 0 Å². The Morgan fingerprint density at radius 2 is 1.85 bits per heavy atom. The summed E-state index contributed by atoms with van der Waals surface area (Å²) in [6.45, 7) is 1.87. The van der Waals surface area contributed by atoms with Gasteiger partial charge in [-0.15, -0.1) is 0 Å². The number of rotatable bonds is 2. The SMILES string of the molecule is Cc1ccc(N2C(=O)C3NN=C(C(F)F)C3C2=O)cc1. The number of alkyl halides is 2. The highest BCUT2D eigenvalue weighted by molar-refractivity contribution is 6.31. The number of hydrogen-bond acceptors (Lipinski definition) is 4. The number of nitrogens with one attached hydrogen (secondary N) is 1. The van der Waals surface area contributed by atoms with Crippen LogP contribution in [0.3, 0.4) is 0 Å². The molecule has 2 unspecified atom stereocenters. The van der Waals surface area contributed by atoms with Gasteiger partial charge in [-0.3, -0.25) is 15.0 Å². The van der Waals surface area contributed by atoms with Gasteiger partial charge in [0.15, 0.2) is 0 Å². The molecule has 0 aromatic heterocycles. The Morgan fingerprint density at radius 3 is 2.45 bits per heavy atom. The Hall–Kier alpha value is -2.31. The first-order valence-corrected chi connectivity index (χ1v) is 6.06. The second kappa shape index (κ2) is 4.36. The topological polar surface area (TPSA) is 61.8 Å². The standard InChI is InChI=1S/C13H11F2N3O2/c1-6-2-4-7(5-3-6)18-12(19)8-9(11(14)15)16-17-10(8)13(18)20/h2-5,8,10-11,17H,1H3. The molecule has 1 fully saturated rings. The number of nitrogens with zero attached hydrogens (tertiary/aromatic N) is 2. The van der Waals surface area contributed by atoms with E-state index in [0.29, 0.717) is 5.69 Å². The summed E-state index contributed by atoms with van der Waals surface area (Å²) in [4.78, 5) is 25.4. The number of fused-ring (bicyclic) bond motifs is 1. The molecule has 1 N–H and O–H groups in total. The van der Waals surface area contributed by atoms with Gasteiger partial charge in [0.2, 0.25) is 5.91 Å². The second-order valence-electron chi connectivity index (χ2n) is 4.77. The number of amides is 2. The zero-order chi connectivity index (χ0) is 14.4. The number of hydrogen-bond donors (Lipinski definition) is 1. The summed E-state index contributed by atoms with van der Waals surface area (Å²) in [5.41, 5.74) is 3.13. The van der Waals surface area contributed by atoms with Gasteiger partial charge in [-0.25, -0.2) is 13.7 Å². The largest absolute Gasteiger partial charge is 0.296 e. The minimum Gasteiger partial charge on any atom is -0.296 e. The average Bonchev–Trinajstić information content (AvgIpc) is 2.94. The molecule has 104 valence electrons. The molecule has 0 aliphatic carbocycles. The maximum Gasteiger partial charge on any atom is 0.279 e.